The molecule has 0 aliphatic heterocycles. The maximum absolute atomic E-state index is 12.2. The molecule has 1 aromatic heterocycles. The van der Waals surface area contributed by atoms with E-state index < -0.39 is 0 Å². The van der Waals surface area contributed by atoms with E-state index in [4.69, 9.17) is 11.6 Å². The van der Waals surface area contributed by atoms with Gasteiger partial charge in [0, 0.05) is 25.7 Å². The van der Waals surface area contributed by atoms with Gasteiger partial charge in [-0.1, -0.05) is 23.7 Å². The third kappa shape index (κ3) is 2.94. The van der Waals surface area contributed by atoms with Gasteiger partial charge in [0.15, 0.2) is 0 Å². The quantitative estimate of drug-likeness (QED) is 0.724. The summed E-state index contributed by atoms with van der Waals surface area (Å²) < 4.78 is 1.46. The van der Waals surface area contributed by atoms with E-state index in [0.29, 0.717) is 20.8 Å². The molecular weight excluding hydrogens is 369 g/mol. The summed E-state index contributed by atoms with van der Waals surface area (Å²) in [7, 11) is 0. The lowest BCUT2D eigenvalue weighted by molar-refractivity contribution is 0.103. The summed E-state index contributed by atoms with van der Waals surface area (Å²) in [5.74, 6) is -0.160. The van der Waals surface area contributed by atoms with Gasteiger partial charge in [-0.15, -0.1) is 0 Å². The first-order valence-corrected chi connectivity index (χ1v) is 6.65. The molecule has 2 nitrogen and oxygen atoms in total. The van der Waals surface area contributed by atoms with E-state index in [-0.39, 0.29) is 5.78 Å². The Kier molecular flexibility index (Phi) is 3.97. The Morgan fingerprint density at radius 2 is 2.00 bits per heavy atom. The molecular formula is C12H6Br2ClNO. The first-order valence-electron chi connectivity index (χ1n) is 4.69. The summed E-state index contributed by atoms with van der Waals surface area (Å²) in [5.41, 5.74) is 0.892. The Hall–Kier alpha value is -0.710. The van der Waals surface area contributed by atoms with Crippen molar-refractivity contribution in [3.8, 4) is 0 Å². The average Bonchev–Trinajstić information content (AvgIpc) is 2.28. The molecule has 0 atom stereocenters. The zero-order valence-electron chi connectivity index (χ0n) is 8.45. The molecule has 2 aromatic rings. The van der Waals surface area contributed by atoms with Crippen molar-refractivity contribution in [1.29, 1.82) is 0 Å². The van der Waals surface area contributed by atoms with Crippen LogP contribution in [0.2, 0.25) is 5.02 Å². The van der Waals surface area contributed by atoms with Crippen LogP contribution in [-0.2, 0) is 0 Å². The molecule has 0 aliphatic rings. The molecule has 0 fully saturated rings. The standard InChI is InChI=1S/C12H6Br2ClNO/c13-8-5-10(14)11(16-6-8)12(17)7-2-1-3-9(15)4-7/h1-6H. The van der Waals surface area contributed by atoms with Crippen molar-refractivity contribution in [2.75, 3.05) is 0 Å². The molecule has 0 bridgehead atoms. The second kappa shape index (κ2) is 5.29. The van der Waals surface area contributed by atoms with Crippen LogP contribution in [0.4, 0.5) is 0 Å². The lowest BCUT2D eigenvalue weighted by atomic mass is 10.1. The van der Waals surface area contributed by atoms with Crippen molar-refractivity contribution >= 4 is 49.2 Å². The zero-order valence-corrected chi connectivity index (χ0v) is 12.4. The number of nitrogens with zero attached hydrogens (tertiary/aromatic N) is 1. The fraction of sp³-hybridized carbons (Fsp3) is 0. The predicted octanol–water partition coefficient (Wildman–Crippen LogP) is 4.49. The van der Waals surface area contributed by atoms with Crippen LogP contribution in [-0.4, -0.2) is 10.8 Å². The van der Waals surface area contributed by atoms with Gasteiger partial charge in [-0.05, 0) is 50.1 Å². The molecule has 0 amide bonds. The van der Waals surface area contributed by atoms with Crippen LogP contribution in [0.15, 0.2) is 45.5 Å². The van der Waals surface area contributed by atoms with E-state index in [1.165, 1.54) is 0 Å². The van der Waals surface area contributed by atoms with Crippen LogP contribution >= 0.6 is 43.5 Å². The van der Waals surface area contributed by atoms with Gasteiger partial charge in [0.25, 0.3) is 0 Å². The summed E-state index contributed by atoms with van der Waals surface area (Å²) in [6.45, 7) is 0. The van der Waals surface area contributed by atoms with Crippen molar-refractivity contribution in [1.82, 2.24) is 4.98 Å². The number of ketones is 1. The summed E-state index contributed by atoms with van der Waals surface area (Å²) in [6, 6.07) is 8.58. The van der Waals surface area contributed by atoms with E-state index in [0.717, 1.165) is 4.47 Å². The number of carbonyl (C=O) groups excluding carboxylic acids is 1. The fourth-order valence-electron chi connectivity index (χ4n) is 1.35. The third-order valence-electron chi connectivity index (χ3n) is 2.11. The van der Waals surface area contributed by atoms with Crippen LogP contribution in [0.3, 0.4) is 0 Å². The van der Waals surface area contributed by atoms with Gasteiger partial charge in [0.05, 0.1) is 0 Å². The van der Waals surface area contributed by atoms with Crippen molar-refractivity contribution < 1.29 is 4.79 Å². The molecule has 5 heteroatoms. The summed E-state index contributed by atoms with van der Waals surface area (Å²) >= 11 is 12.5. The highest BCUT2D eigenvalue weighted by atomic mass is 79.9. The molecule has 0 unspecified atom stereocenters. The molecule has 2 rings (SSSR count). The molecule has 0 saturated carbocycles. The second-order valence-electron chi connectivity index (χ2n) is 3.32. The molecule has 1 aromatic carbocycles. The van der Waals surface area contributed by atoms with E-state index in [1.807, 2.05) is 0 Å². The monoisotopic (exact) mass is 373 g/mol. The van der Waals surface area contributed by atoms with Gasteiger partial charge in [-0.3, -0.25) is 9.78 Å². The Balaban J connectivity index is 2.44. The number of aromatic nitrogens is 1. The second-order valence-corrected chi connectivity index (χ2v) is 5.53. The Labute approximate surface area is 120 Å². The minimum Gasteiger partial charge on any atom is -0.287 e. The molecule has 0 N–H and O–H groups in total. The number of halogens is 3. The number of pyridine rings is 1. The van der Waals surface area contributed by atoms with E-state index in [9.17, 15) is 4.79 Å². The molecule has 0 saturated heterocycles. The van der Waals surface area contributed by atoms with Crippen LogP contribution in [0.5, 0.6) is 0 Å². The van der Waals surface area contributed by atoms with Crippen LogP contribution in [0.25, 0.3) is 0 Å². The summed E-state index contributed by atoms with van der Waals surface area (Å²) in [5, 5.41) is 0.532. The van der Waals surface area contributed by atoms with E-state index in [1.54, 1.807) is 36.5 Å². The first kappa shape index (κ1) is 12.7. The van der Waals surface area contributed by atoms with E-state index >= 15 is 0 Å². The maximum atomic E-state index is 12.2. The number of benzene rings is 1. The first-order chi connectivity index (χ1) is 8.08. The predicted molar refractivity (Wildman–Crippen MR) is 74.5 cm³/mol. The van der Waals surface area contributed by atoms with Crippen molar-refractivity contribution in [2.45, 2.75) is 0 Å². The smallest absolute Gasteiger partial charge is 0.212 e. The Morgan fingerprint density at radius 3 is 2.65 bits per heavy atom. The van der Waals surface area contributed by atoms with Crippen molar-refractivity contribution in [3.63, 3.8) is 0 Å². The highest BCUT2D eigenvalue weighted by molar-refractivity contribution is 9.11. The third-order valence-corrected chi connectivity index (χ3v) is 3.38. The van der Waals surface area contributed by atoms with Crippen LogP contribution < -0.4 is 0 Å². The largest absolute Gasteiger partial charge is 0.287 e. The molecule has 0 spiro atoms. The minimum absolute atomic E-state index is 0.160. The molecule has 1 heterocycles. The minimum atomic E-state index is -0.160. The van der Waals surface area contributed by atoms with Gasteiger partial charge in [-0.2, -0.15) is 0 Å². The van der Waals surface area contributed by atoms with Crippen molar-refractivity contribution in [3.05, 3.63) is 61.8 Å². The average molecular weight is 375 g/mol. The molecule has 0 radical (unpaired) electrons. The molecule has 86 valence electrons. The number of hydrogen-bond donors (Lipinski definition) is 0. The van der Waals surface area contributed by atoms with Gasteiger partial charge < -0.3 is 0 Å². The zero-order chi connectivity index (χ0) is 12.4. The topological polar surface area (TPSA) is 30.0 Å². The summed E-state index contributed by atoms with van der Waals surface area (Å²) in [6.07, 6.45) is 1.59. The van der Waals surface area contributed by atoms with Crippen LogP contribution in [0.1, 0.15) is 16.1 Å². The molecule has 17 heavy (non-hydrogen) atoms. The van der Waals surface area contributed by atoms with Crippen molar-refractivity contribution in [2.24, 2.45) is 0 Å². The Morgan fingerprint density at radius 1 is 1.24 bits per heavy atom. The SMILES string of the molecule is O=C(c1cccc(Cl)c1)c1ncc(Br)cc1Br. The number of rotatable bonds is 2. The van der Waals surface area contributed by atoms with Crippen LogP contribution in [0, 0.1) is 0 Å². The van der Waals surface area contributed by atoms with Gasteiger partial charge in [-0.25, -0.2) is 0 Å². The molecule has 0 aliphatic carbocycles. The maximum Gasteiger partial charge on any atom is 0.212 e. The lowest BCUT2D eigenvalue weighted by Crippen LogP contribution is -2.05. The van der Waals surface area contributed by atoms with Gasteiger partial charge >= 0.3 is 0 Å². The van der Waals surface area contributed by atoms with E-state index in [2.05, 4.69) is 36.8 Å². The highest BCUT2D eigenvalue weighted by Gasteiger charge is 2.14. The van der Waals surface area contributed by atoms with Gasteiger partial charge in [0.2, 0.25) is 5.78 Å². The fourth-order valence-corrected chi connectivity index (χ4v) is 2.71. The number of hydrogen-bond acceptors (Lipinski definition) is 2. The lowest BCUT2D eigenvalue weighted by Gasteiger charge is -2.03. The number of carbonyl (C=O) groups is 1. The normalized spacial score (nSPS) is 10.3. The van der Waals surface area contributed by atoms with Gasteiger partial charge in [0.1, 0.15) is 5.69 Å². The highest BCUT2D eigenvalue weighted by Crippen LogP contribution is 2.22. The Bertz CT molecular complexity index is 586. The summed E-state index contributed by atoms with van der Waals surface area (Å²) in [4.78, 5) is 16.3.